The number of aliphatic hydroxyl groups is 7. The highest BCUT2D eigenvalue weighted by Gasteiger charge is 2.52. The van der Waals surface area contributed by atoms with Crippen molar-refractivity contribution in [1.82, 2.24) is 59.8 Å². The molecule has 2 aliphatic heterocycles. The monoisotopic (exact) mass is 1260 g/mol. The average molecular weight is 1260 g/mol. The second-order valence-electron chi connectivity index (χ2n) is 23.9. The molecule has 0 amide bonds. The van der Waals surface area contributed by atoms with Gasteiger partial charge in [0.15, 0.2) is 18.9 Å². The number of nitrogens with zero attached hydrogens (tertiary/aromatic N) is 12. The first-order chi connectivity index (χ1) is 43.4. The van der Waals surface area contributed by atoms with Crippen molar-refractivity contribution in [1.29, 1.82) is 0 Å². The topological polar surface area (TPSA) is 480 Å². The molecule has 2 aromatic carbocycles. The molecule has 9 rings (SSSR count). The zero-order valence-corrected chi connectivity index (χ0v) is 51.1. The van der Waals surface area contributed by atoms with Crippen molar-refractivity contribution >= 4 is 16.7 Å². The molecule has 1 aliphatic carbocycles. The summed E-state index contributed by atoms with van der Waals surface area (Å²) in [6.07, 6.45) is -7.41. The molecule has 498 valence electrons. The number of anilines is 1. The van der Waals surface area contributed by atoms with Crippen molar-refractivity contribution in [2.24, 2.45) is 34.4 Å². The van der Waals surface area contributed by atoms with E-state index in [1.54, 1.807) is 13.1 Å². The maximum atomic E-state index is 11.8. The van der Waals surface area contributed by atoms with Gasteiger partial charge in [0.2, 0.25) is 0 Å². The number of hydrogen-bond donors (Lipinski definition) is 14. The van der Waals surface area contributed by atoms with Crippen molar-refractivity contribution in [2.75, 3.05) is 57.8 Å². The Morgan fingerprint density at radius 3 is 2.06 bits per heavy atom. The molecule has 0 radical (unpaired) electrons. The summed E-state index contributed by atoms with van der Waals surface area (Å²) < 4.78 is 41.8. The lowest BCUT2D eigenvalue weighted by Crippen LogP contribution is -2.65. The maximum absolute atomic E-state index is 11.8. The Morgan fingerprint density at radius 2 is 1.40 bits per heavy atom. The van der Waals surface area contributed by atoms with E-state index in [0.29, 0.717) is 25.1 Å². The molecule has 4 aromatic heterocycles. The van der Waals surface area contributed by atoms with Gasteiger partial charge in [-0.25, -0.2) is 9.67 Å². The second kappa shape index (κ2) is 32.6. The van der Waals surface area contributed by atoms with E-state index in [1.165, 1.54) is 10.4 Å². The number of aromatic amines is 1. The summed E-state index contributed by atoms with van der Waals surface area (Å²) in [5.74, 6) is 1.54. The lowest BCUT2D eigenvalue weighted by Gasteiger charge is -2.44. The van der Waals surface area contributed by atoms with Crippen LogP contribution >= 0.6 is 0 Å². The highest BCUT2D eigenvalue weighted by atomic mass is 16.7. The molecular formula is C58H93N19O13. The molecule has 6 heterocycles. The standard InChI is InChI=1S/C58H93N19O13/c1-33(61)57(86-46(26-60)45(80)31-78)89-52-41(63)25-40(62)49(81)54(52)90-58-51(83)53(88-56(84)48(64)50(82)44(79)16-17-59)47(87-58)30-77-28-36(68-72-77)9-5-4-8-35-27-75(70-67-35)18-6-3-7-19-76-29-37(69-71-76)32-85-39-13-10-34(11-14-39)55-65-42-15-12-38(24-43(42)66-55)74-22-20-73(2)21-23-74/h10-15,24,27-29,33,40-41,44-54,56-58,78-84H,3-9,16-23,25-26,30-32,59-64H2,1-2H3,(H,65,66). The molecule has 2 saturated heterocycles. The Kier molecular flexibility index (Phi) is 24.9. The van der Waals surface area contributed by atoms with Crippen LogP contribution in [0.1, 0.15) is 69.0 Å². The predicted molar refractivity (Wildman–Crippen MR) is 326 cm³/mol. The van der Waals surface area contributed by atoms with Crippen LogP contribution in [0.15, 0.2) is 61.1 Å². The number of H-pyrrole nitrogens is 1. The van der Waals surface area contributed by atoms with Gasteiger partial charge in [-0.3, -0.25) is 9.36 Å². The minimum Gasteiger partial charge on any atom is -0.487 e. The second-order valence-corrected chi connectivity index (χ2v) is 23.9. The molecule has 17 unspecified atom stereocenters. The number of ether oxygens (including phenoxy) is 6. The first-order valence-electron chi connectivity index (χ1n) is 31.1. The predicted octanol–water partition coefficient (Wildman–Crippen LogP) is -3.48. The van der Waals surface area contributed by atoms with Crippen molar-refractivity contribution in [3.63, 3.8) is 0 Å². The third-order valence-corrected chi connectivity index (χ3v) is 16.8. The van der Waals surface area contributed by atoms with E-state index in [1.807, 2.05) is 46.0 Å². The Balaban J connectivity index is 0.708. The minimum absolute atomic E-state index is 0.0227. The summed E-state index contributed by atoms with van der Waals surface area (Å²) in [4.78, 5) is 13.1. The van der Waals surface area contributed by atoms with E-state index in [-0.39, 0.29) is 32.5 Å². The van der Waals surface area contributed by atoms with Crippen LogP contribution in [0, 0.1) is 0 Å². The van der Waals surface area contributed by atoms with Crippen LogP contribution in [0.5, 0.6) is 5.75 Å². The van der Waals surface area contributed by atoms with E-state index in [0.717, 1.165) is 111 Å². The number of benzene rings is 2. The molecule has 6 aromatic rings. The van der Waals surface area contributed by atoms with E-state index in [2.05, 4.69) is 71.0 Å². The van der Waals surface area contributed by atoms with Gasteiger partial charge in [0.1, 0.15) is 66.6 Å². The van der Waals surface area contributed by atoms with Crippen molar-refractivity contribution < 1.29 is 64.2 Å². The Labute approximate surface area is 521 Å². The highest BCUT2D eigenvalue weighted by molar-refractivity contribution is 5.83. The van der Waals surface area contributed by atoms with Gasteiger partial charge in [0.25, 0.3) is 0 Å². The van der Waals surface area contributed by atoms with Crippen molar-refractivity contribution in [3.05, 3.63) is 78.1 Å². The first-order valence-corrected chi connectivity index (χ1v) is 31.1. The number of rotatable bonds is 35. The number of fused-ring (bicyclic) bond motifs is 1. The summed E-state index contributed by atoms with van der Waals surface area (Å²) >= 11 is 0. The zero-order chi connectivity index (χ0) is 64.0. The summed E-state index contributed by atoms with van der Waals surface area (Å²) in [5.41, 5.74) is 43.0. The van der Waals surface area contributed by atoms with Gasteiger partial charge in [0, 0.05) is 81.5 Å². The molecular weight excluding hydrogens is 1170 g/mol. The summed E-state index contributed by atoms with van der Waals surface area (Å²) in [6.45, 7) is 6.50. The molecule has 1 saturated carbocycles. The third-order valence-electron chi connectivity index (χ3n) is 16.8. The SMILES string of the molecule is CC(N)C(OC(CN)C(O)CO)OC1C(N)CC(N)C(O)C1OC1OC(Cn2cc(CCCCc3cn(CCCCCn4cc(COc5ccc(-c6nc7ccc(N8CCN(C)CC8)cc7[nH]6)cc5)nn4)nn3)nn2)C(OC(O)C(N)C(O)C(O)CCN)C1O. The van der Waals surface area contributed by atoms with Crippen molar-refractivity contribution in [3.8, 4) is 17.1 Å². The fourth-order valence-corrected chi connectivity index (χ4v) is 11.3. The molecule has 0 bridgehead atoms. The molecule has 17 atom stereocenters. The van der Waals surface area contributed by atoms with Crippen molar-refractivity contribution in [2.45, 2.75) is 195 Å². The van der Waals surface area contributed by atoms with Crippen LogP contribution in [0.2, 0.25) is 0 Å². The molecule has 32 heteroatoms. The highest BCUT2D eigenvalue weighted by Crippen LogP contribution is 2.34. The smallest absolute Gasteiger partial charge is 0.187 e. The van der Waals surface area contributed by atoms with Crippen LogP contribution in [0.3, 0.4) is 0 Å². The zero-order valence-electron chi connectivity index (χ0n) is 51.1. The molecule has 3 aliphatic rings. The number of likely N-dealkylation sites (N-methyl/N-ethyl adjacent to an activating group) is 1. The fraction of sp³-hybridized carbons (Fsp3) is 0.672. The van der Waals surface area contributed by atoms with Gasteiger partial charge in [0.05, 0.1) is 72.2 Å². The Hall–Kier alpha value is -5.83. The van der Waals surface area contributed by atoms with Gasteiger partial charge in [-0.15, -0.1) is 15.3 Å². The van der Waals surface area contributed by atoms with E-state index < -0.39 is 111 Å². The minimum atomic E-state index is -1.95. The number of piperazine rings is 1. The van der Waals surface area contributed by atoms with Gasteiger partial charge >= 0.3 is 0 Å². The number of nitrogens with one attached hydrogen (secondary N) is 1. The molecule has 3 fully saturated rings. The van der Waals surface area contributed by atoms with Crippen LogP contribution in [-0.2, 0) is 62.8 Å². The molecule has 90 heavy (non-hydrogen) atoms. The van der Waals surface area contributed by atoms with Gasteiger partial charge in [-0.05, 0) is 121 Å². The third kappa shape index (κ3) is 18.1. The van der Waals surface area contributed by atoms with Gasteiger partial charge in [-0.1, -0.05) is 15.6 Å². The van der Waals surface area contributed by atoms with Crippen LogP contribution in [-0.4, -0.2) is 253 Å². The number of aryl methyl sites for hydroxylation is 4. The summed E-state index contributed by atoms with van der Waals surface area (Å²) in [6, 6.07) is 10.1. The number of nitrogens with two attached hydrogens (primary N) is 6. The molecule has 20 N–H and O–H groups in total. The largest absolute Gasteiger partial charge is 0.487 e. The Bertz CT molecular complexity index is 3080. The quantitative estimate of drug-likeness (QED) is 0.0136. The van der Waals surface area contributed by atoms with E-state index >= 15 is 0 Å². The number of unbranched alkanes of at least 4 members (excludes halogenated alkanes) is 3. The summed E-state index contributed by atoms with van der Waals surface area (Å²) in [5, 5.41) is 101. The lowest BCUT2D eigenvalue weighted by atomic mass is 9.84. The number of aliphatic hydroxyl groups excluding tert-OH is 7. The summed E-state index contributed by atoms with van der Waals surface area (Å²) in [7, 11) is 2.16. The lowest BCUT2D eigenvalue weighted by molar-refractivity contribution is -0.284. The average Bonchev–Trinajstić information content (AvgIpc) is 1.71. The first kappa shape index (κ1) is 68.5. The van der Waals surface area contributed by atoms with E-state index in [4.69, 9.17) is 67.8 Å². The van der Waals surface area contributed by atoms with Crippen LogP contribution in [0.4, 0.5) is 5.69 Å². The fourth-order valence-electron chi connectivity index (χ4n) is 11.3. The maximum Gasteiger partial charge on any atom is 0.187 e. The van der Waals surface area contributed by atoms with E-state index in [9.17, 15) is 35.7 Å². The van der Waals surface area contributed by atoms with Crippen LogP contribution < -0.4 is 44.0 Å². The molecule has 32 nitrogen and oxygen atoms in total. The number of imidazole rings is 1. The Morgan fingerprint density at radius 1 is 0.744 bits per heavy atom. The number of hydrogen-bond acceptors (Lipinski definition) is 28. The van der Waals surface area contributed by atoms with Crippen LogP contribution in [0.25, 0.3) is 22.4 Å². The molecule has 0 spiro atoms. The van der Waals surface area contributed by atoms with Gasteiger partial charge < -0.3 is 113 Å². The van der Waals surface area contributed by atoms with Gasteiger partial charge in [-0.2, -0.15) is 0 Å². The normalized spacial score (nSPS) is 25.3. The number of aromatic nitrogens is 11.